The van der Waals surface area contributed by atoms with Gasteiger partial charge in [0.25, 0.3) is 5.91 Å². The fourth-order valence-electron chi connectivity index (χ4n) is 2.78. The average Bonchev–Trinajstić information content (AvgIpc) is 2.74. The summed E-state index contributed by atoms with van der Waals surface area (Å²) in [6, 6.07) is 10.6. The van der Waals surface area contributed by atoms with Crippen LogP contribution in [-0.4, -0.2) is 28.7 Å². The molecule has 1 amide bonds. The minimum Gasteiger partial charge on any atom is -0.453 e. The second kappa shape index (κ2) is 12.1. The highest BCUT2D eigenvalue weighted by Crippen LogP contribution is 2.13. The minimum absolute atomic E-state index is 0.0289. The van der Waals surface area contributed by atoms with Crippen LogP contribution in [0.15, 0.2) is 42.6 Å². The Labute approximate surface area is 182 Å². The van der Waals surface area contributed by atoms with Crippen LogP contribution in [0.1, 0.15) is 61.9 Å². The van der Waals surface area contributed by atoms with Crippen LogP contribution in [0.3, 0.4) is 0 Å². The molecule has 2 aromatic rings. The number of anilines is 1. The minimum atomic E-state index is -1.01. The van der Waals surface area contributed by atoms with Gasteiger partial charge in [0.15, 0.2) is 11.9 Å². The van der Waals surface area contributed by atoms with Crippen molar-refractivity contribution < 1.29 is 19.1 Å². The summed E-state index contributed by atoms with van der Waals surface area (Å²) in [5, 5.41) is 2.98. The number of aryl methyl sites for hydroxylation is 1. The Morgan fingerprint density at radius 2 is 1.80 bits per heavy atom. The number of ether oxygens (including phenoxy) is 1. The molecule has 0 fully saturated rings. The van der Waals surface area contributed by atoms with Crippen molar-refractivity contribution in [3.05, 3.63) is 58.7 Å². The quantitative estimate of drug-likeness (QED) is 0.308. The first-order chi connectivity index (χ1) is 14.4. The number of benzene rings is 1. The third kappa shape index (κ3) is 7.95. The number of unbranched alkanes of at least 4 members (excludes halogenated alkanes) is 2. The number of aromatic nitrogens is 1. The van der Waals surface area contributed by atoms with E-state index in [2.05, 4.69) is 17.2 Å². The number of pyridine rings is 1. The second-order valence-electron chi connectivity index (χ2n) is 7.06. The van der Waals surface area contributed by atoms with E-state index in [1.165, 1.54) is 31.5 Å². The molecule has 6 nitrogen and oxygen atoms in total. The van der Waals surface area contributed by atoms with Gasteiger partial charge in [0.2, 0.25) is 0 Å². The van der Waals surface area contributed by atoms with E-state index >= 15 is 0 Å². The summed E-state index contributed by atoms with van der Waals surface area (Å²) in [5.41, 5.74) is 1.77. The van der Waals surface area contributed by atoms with E-state index < -0.39 is 18.0 Å². The molecule has 0 saturated carbocycles. The Kier molecular flexibility index (Phi) is 9.48. The summed E-state index contributed by atoms with van der Waals surface area (Å²) < 4.78 is 5.11. The van der Waals surface area contributed by atoms with Crippen molar-refractivity contribution in [1.82, 2.24) is 4.98 Å². The van der Waals surface area contributed by atoms with E-state index in [1.807, 2.05) is 12.1 Å². The average molecular weight is 431 g/mol. The van der Waals surface area contributed by atoms with Gasteiger partial charge in [0.05, 0.1) is 11.4 Å². The SMILES string of the molecule is CCCCCc1ccc(C(=O)CCC(=O)OC(C)C(=O)Nc2ccc(Cl)cn2)cc1. The maximum Gasteiger partial charge on any atom is 0.307 e. The lowest BCUT2D eigenvalue weighted by molar-refractivity contribution is -0.153. The Balaban J connectivity index is 1.75. The van der Waals surface area contributed by atoms with Gasteiger partial charge in [-0.15, -0.1) is 0 Å². The first-order valence-corrected chi connectivity index (χ1v) is 10.5. The number of carbonyl (C=O) groups excluding carboxylic acids is 3. The molecule has 0 aliphatic rings. The van der Waals surface area contributed by atoms with Crippen LogP contribution >= 0.6 is 11.6 Å². The van der Waals surface area contributed by atoms with Crippen LogP contribution in [0, 0.1) is 0 Å². The van der Waals surface area contributed by atoms with Gasteiger partial charge in [-0.2, -0.15) is 0 Å². The largest absolute Gasteiger partial charge is 0.453 e. The van der Waals surface area contributed by atoms with Crippen molar-refractivity contribution in [3.8, 4) is 0 Å². The molecule has 1 unspecified atom stereocenters. The van der Waals surface area contributed by atoms with Gasteiger partial charge in [0, 0.05) is 18.2 Å². The fraction of sp³-hybridized carbons (Fsp3) is 0.391. The summed E-state index contributed by atoms with van der Waals surface area (Å²) in [7, 11) is 0. The molecule has 1 heterocycles. The predicted molar refractivity (Wildman–Crippen MR) is 117 cm³/mol. The number of amides is 1. The van der Waals surface area contributed by atoms with Crippen molar-refractivity contribution >= 4 is 35.1 Å². The molecule has 160 valence electrons. The summed E-state index contributed by atoms with van der Waals surface area (Å²) in [6.07, 6.45) is 4.83. The van der Waals surface area contributed by atoms with E-state index in [-0.39, 0.29) is 18.6 Å². The molecule has 1 N–H and O–H groups in total. The number of Topliss-reactive ketones (excluding diaryl/α,β-unsaturated/α-hetero) is 1. The van der Waals surface area contributed by atoms with Gasteiger partial charge >= 0.3 is 5.97 Å². The van der Waals surface area contributed by atoms with Gasteiger partial charge in [-0.05, 0) is 37.5 Å². The highest BCUT2D eigenvalue weighted by Gasteiger charge is 2.19. The zero-order valence-electron chi connectivity index (χ0n) is 17.3. The Hall–Kier alpha value is -2.73. The summed E-state index contributed by atoms with van der Waals surface area (Å²) in [6.45, 7) is 3.62. The van der Waals surface area contributed by atoms with E-state index in [1.54, 1.807) is 24.3 Å². The molecule has 1 aromatic carbocycles. The van der Waals surface area contributed by atoms with Gasteiger partial charge in [-0.25, -0.2) is 4.98 Å². The maximum absolute atomic E-state index is 12.3. The number of esters is 1. The van der Waals surface area contributed by atoms with E-state index in [4.69, 9.17) is 16.3 Å². The molecule has 0 spiro atoms. The topological polar surface area (TPSA) is 85.4 Å². The Bertz CT molecular complexity index is 851. The molecular weight excluding hydrogens is 404 g/mol. The lowest BCUT2D eigenvalue weighted by Gasteiger charge is -2.13. The summed E-state index contributed by atoms with van der Waals surface area (Å²) in [5.74, 6) is -0.940. The zero-order chi connectivity index (χ0) is 21.9. The van der Waals surface area contributed by atoms with Crippen molar-refractivity contribution in [2.75, 3.05) is 5.32 Å². The Morgan fingerprint density at radius 3 is 2.43 bits per heavy atom. The molecule has 7 heteroatoms. The lowest BCUT2D eigenvalue weighted by Crippen LogP contribution is -2.30. The van der Waals surface area contributed by atoms with Crippen molar-refractivity contribution in [2.45, 2.75) is 58.5 Å². The number of hydrogen-bond acceptors (Lipinski definition) is 5. The number of nitrogens with one attached hydrogen (secondary N) is 1. The highest BCUT2D eigenvalue weighted by atomic mass is 35.5. The van der Waals surface area contributed by atoms with Crippen molar-refractivity contribution in [3.63, 3.8) is 0 Å². The first kappa shape index (κ1) is 23.5. The molecule has 0 bridgehead atoms. The molecule has 1 atom stereocenters. The normalized spacial score (nSPS) is 11.6. The third-order valence-electron chi connectivity index (χ3n) is 4.56. The molecule has 1 aromatic heterocycles. The number of halogens is 1. The Morgan fingerprint density at radius 1 is 1.07 bits per heavy atom. The molecular formula is C23H27ClN2O4. The molecule has 0 aliphatic heterocycles. The van der Waals surface area contributed by atoms with Gasteiger partial charge in [0.1, 0.15) is 5.82 Å². The number of ketones is 1. The van der Waals surface area contributed by atoms with E-state index in [9.17, 15) is 14.4 Å². The van der Waals surface area contributed by atoms with E-state index in [0.717, 1.165) is 12.8 Å². The number of hydrogen-bond donors (Lipinski definition) is 1. The summed E-state index contributed by atoms with van der Waals surface area (Å²) in [4.78, 5) is 40.3. The van der Waals surface area contributed by atoms with E-state index in [0.29, 0.717) is 16.4 Å². The molecule has 30 heavy (non-hydrogen) atoms. The van der Waals surface area contributed by atoms with Crippen LogP contribution in [0.4, 0.5) is 5.82 Å². The van der Waals surface area contributed by atoms with Crippen LogP contribution in [-0.2, 0) is 20.7 Å². The lowest BCUT2D eigenvalue weighted by atomic mass is 10.0. The monoisotopic (exact) mass is 430 g/mol. The first-order valence-electron chi connectivity index (χ1n) is 10.1. The van der Waals surface area contributed by atoms with Crippen LogP contribution in [0.25, 0.3) is 0 Å². The van der Waals surface area contributed by atoms with Gasteiger partial charge in [-0.3, -0.25) is 14.4 Å². The highest BCUT2D eigenvalue weighted by molar-refractivity contribution is 6.30. The van der Waals surface area contributed by atoms with Crippen LogP contribution < -0.4 is 5.32 Å². The zero-order valence-corrected chi connectivity index (χ0v) is 18.1. The molecule has 2 rings (SSSR count). The summed E-state index contributed by atoms with van der Waals surface area (Å²) >= 11 is 5.75. The van der Waals surface area contributed by atoms with Gasteiger partial charge in [-0.1, -0.05) is 55.6 Å². The molecule has 0 radical (unpaired) electrons. The third-order valence-corrected chi connectivity index (χ3v) is 4.78. The van der Waals surface area contributed by atoms with Crippen molar-refractivity contribution in [2.24, 2.45) is 0 Å². The predicted octanol–water partition coefficient (Wildman–Crippen LogP) is 5.00. The smallest absolute Gasteiger partial charge is 0.307 e. The van der Waals surface area contributed by atoms with Crippen LogP contribution in [0.5, 0.6) is 0 Å². The number of rotatable bonds is 11. The number of nitrogens with zero attached hydrogens (tertiary/aromatic N) is 1. The number of carbonyl (C=O) groups is 3. The molecule has 0 saturated heterocycles. The van der Waals surface area contributed by atoms with Crippen molar-refractivity contribution in [1.29, 1.82) is 0 Å². The standard InChI is InChI=1S/C23H27ClN2O4/c1-3-4-5-6-17-7-9-18(10-8-17)20(27)12-14-22(28)30-16(2)23(29)26-21-13-11-19(24)15-25-21/h7-11,13,15-16H,3-6,12,14H2,1-2H3,(H,25,26,29). The van der Waals surface area contributed by atoms with Gasteiger partial charge < -0.3 is 10.1 Å². The fourth-order valence-corrected chi connectivity index (χ4v) is 2.90. The molecule has 0 aliphatic carbocycles. The maximum atomic E-state index is 12.3. The van der Waals surface area contributed by atoms with Crippen LogP contribution in [0.2, 0.25) is 5.02 Å². The second-order valence-corrected chi connectivity index (χ2v) is 7.50.